The fourth-order valence-electron chi connectivity index (χ4n) is 2.62. The highest BCUT2D eigenvalue weighted by atomic mass is 79.9. The third-order valence-electron chi connectivity index (χ3n) is 3.67. The van der Waals surface area contributed by atoms with E-state index in [-0.39, 0.29) is 12.1 Å². The van der Waals surface area contributed by atoms with Gasteiger partial charge in [-0.05, 0) is 42.8 Å². The minimum Gasteiger partial charge on any atom is -0.494 e. The number of nitrogens with two attached hydrogens (primary N) is 1. The Balaban J connectivity index is 1.83. The number of ether oxygens (including phenoxy) is 2. The van der Waals surface area contributed by atoms with Gasteiger partial charge in [0.05, 0.1) is 6.61 Å². The molecule has 0 saturated heterocycles. The molecule has 0 saturated carbocycles. The van der Waals surface area contributed by atoms with Crippen LogP contribution in [0.4, 0.5) is 0 Å². The second-order valence-corrected chi connectivity index (χ2v) is 6.05. The molecule has 1 aliphatic rings. The molecule has 2 atom stereocenters. The molecular formula is C17H18BrNO2. The third-order valence-corrected chi connectivity index (χ3v) is 4.16. The molecule has 0 bridgehead atoms. The largest absolute Gasteiger partial charge is 0.494 e. The van der Waals surface area contributed by atoms with E-state index in [1.165, 1.54) is 0 Å². The fraction of sp³-hybridized carbons (Fsp3) is 0.294. The van der Waals surface area contributed by atoms with Gasteiger partial charge in [-0.2, -0.15) is 0 Å². The Bertz CT molecular complexity index is 627. The second-order valence-electron chi connectivity index (χ2n) is 5.13. The Morgan fingerprint density at radius 3 is 2.71 bits per heavy atom. The van der Waals surface area contributed by atoms with Gasteiger partial charge in [0.2, 0.25) is 0 Å². The Morgan fingerprint density at radius 2 is 2.00 bits per heavy atom. The van der Waals surface area contributed by atoms with Gasteiger partial charge in [-0.1, -0.05) is 28.1 Å². The first-order valence-electron chi connectivity index (χ1n) is 7.12. The number of hydrogen-bond acceptors (Lipinski definition) is 3. The molecule has 0 aliphatic carbocycles. The van der Waals surface area contributed by atoms with E-state index < -0.39 is 0 Å². The van der Waals surface area contributed by atoms with Crippen molar-refractivity contribution in [2.75, 3.05) is 6.61 Å². The predicted molar refractivity (Wildman–Crippen MR) is 86.7 cm³/mol. The van der Waals surface area contributed by atoms with Gasteiger partial charge in [-0.3, -0.25) is 0 Å². The van der Waals surface area contributed by atoms with Crippen LogP contribution in [0.2, 0.25) is 0 Å². The monoisotopic (exact) mass is 347 g/mol. The van der Waals surface area contributed by atoms with Crippen molar-refractivity contribution in [2.24, 2.45) is 5.73 Å². The number of benzene rings is 2. The van der Waals surface area contributed by atoms with Crippen LogP contribution < -0.4 is 15.2 Å². The summed E-state index contributed by atoms with van der Waals surface area (Å²) >= 11 is 3.48. The maximum Gasteiger partial charge on any atom is 0.126 e. The van der Waals surface area contributed by atoms with E-state index in [4.69, 9.17) is 15.2 Å². The Kier molecular flexibility index (Phi) is 4.17. The summed E-state index contributed by atoms with van der Waals surface area (Å²) < 4.78 is 12.6. The standard InChI is InChI=1S/C17H18BrNO2/c1-2-20-13-6-3-11(4-7-13)17-10-15(19)14-9-12(18)5-8-16(14)21-17/h3-9,15,17H,2,10,19H2,1H3. The number of fused-ring (bicyclic) bond motifs is 1. The number of halogens is 1. The van der Waals surface area contributed by atoms with Gasteiger partial charge in [0.15, 0.2) is 0 Å². The van der Waals surface area contributed by atoms with E-state index in [2.05, 4.69) is 15.9 Å². The molecule has 3 rings (SSSR count). The number of rotatable bonds is 3. The van der Waals surface area contributed by atoms with Crippen LogP contribution in [0.15, 0.2) is 46.9 Å². The van der Waals surface area contributed by atoms with Crippen molar-refractivity contribution >= 4 is 15.9 Å². The average molecular weight is 348 g/mol. The molecule has 0 radical (unpaired) electrons. The molecule has 3 nitrogen and oxygen atoms in total. The summed E-state index contributed by atoms with van der Waals surface area (Å²) in [6.45, 7) is 2.65. The van der Waals surface area contributed by atoms with E-state index in [9.17, 15) is 0 Å². The van der Waals surface area contributed by atoms with Crippen LogP contribution in [-0.2, 0) is 0 Å². The molecule has 110 valence electrons. The highest BCUT2D eigenvalue weighted by Crippen LogP contribution is 2.40. The summed E-state index contributed by atoms with van der Waals surface area (Å²) in [5.74, 6) is 1.75. The Morgan fingerprint density at radius 1 is 1.24 bits per heavy atom. The molecule has 2 N–H and O–H groups in total. The van der Waals surface area contributed by atoms with Crippen molar-refractivity contribution in [2.45, 2.75) is 25.5 Å². The zero-order chi connectivity index (χ0) is 14.8. The highest BCUT2D eigenvalue weighted by molar-refractivity contribution is 9.10. The number of hydrogen-bond donors (Lipinski definition) is 1. The summed E-state index contributed by atoms with van der Waals surface area (Å²) in [6.07, 6.45) is 0.765. The van der Waals surface area contributed by atoms with Crippen LogP contribution in [0, 0.1) is 0 Å². The van der Waals surface area contributed by atoms with Gasteiger partial charge in [0, 0.05) is 22.5 Å². The minimum atomic E-state index is -0.0113. The van der Waals surface area contributed by atoms with Gasteiger partial charge in [0.25, 0.3) is 0 Å². The molecule has 0 fully saturated rings. The van der Waals surface area contributed by atoms with Crippen LogP contribution >= 0.6 is 15.9 Å². The van der Waals surface area contributed by atoms with Crippen molar-refractivity contribution in [3.63, 3.8) is 0 Å². The smallest absolute Gasteiger partial charge is 0.126 e. The first-order valence-corrected chi connectivity index (χ1v) is 7.91. The van der Waals surface area contributed by atoms with Crippen molar-refractivity contribution < 1.29 is 9.47 Å². The lowest BCUT2D eigenvalue weighted by atomic mass is 9.93. The van der Waals surface area contributed by atoms with Crippen molar-refractivity contribution in [3.8, 4) is 11.5 Å². The summed E-state index contributed by atoms with van der Waals surface area (Å²) in [7, 11) is 0. The van der Waals surface area contributed by atoms with Crippen LogP contribution in [0.5, 0.6) is 11.5 Å². The molecular weight excluding hydrogens is 330 g/mol. The maximum atomic E-state index is 6.30. The molecule has 2 aromatic rings. The van der Waals surface area contributed by atoms with E-state index >= 15 is 0 Å². The molecule has 1 aliphatic heterocycles. The minimum absolute atomic E-state index is 0.00986. The molecule has 0 amide bonds. The Labute approximate surface area is 133 Å². The van der Waals surface area contributed by atoms with Gasteiger partial charge in [0.1, 0.15) is 17.6 Å². The first kappa shape index (κ1) is 14.4. The fourth-order valence-corrected chi connectivity index (χ4v) is 3.00. The molecule has 2 unspecified atom stereocenters. The summed E-state index contributed by atoms with van der Waals surface area (Å²) in [5, 5.41) is 0. The van der Waals surface area contributed by atoms with Crippen molar-refractivity contribution in [1.29, 1.82) is 0 Å². The summed E-state index contributed by atoms with van der Waals surface area (Å²) in [6, 6.07) is 14.0. The van der Waals surface area contributed by atoms with E-state index in [0.717, 1.165) is 33.5 Å². The van der Waals surface area contributed by atoms with Crippen LogP contribution in [0.1, 0.15) is 36.6 Å². The van der Waals surface area contributed by atoms with Crippen LogP contribution in [0.3, 0.4) is 0 Å². The van der Waals surface area contributed by atoms with E-state index in [0.29, 0.717) is 6.61 Å². The summed E-state index contributed by atoms with van der Waals surface area (Å²) in [5.41, 5.74) is 8.48. The van der Waals surface area contributed by atoms with Crippen molar-refractivity contribution in [3.05, 3.63) is 58.1 Å². The topological polar surface area (TPSA) is 44.5 Å². The Hall–Kier alpha value is -1.52. The zero-order valence-electron chi connectivity index (χ0n) is 11.9. The van der Waals surface area contributed by atoms with Crippen LogP contribution in [-0.4, -0.2) is 6.61 Å². The van der Waals surface area contributed by atoms with Gasteiger partial charge >= 0.3 is 0 Å². The van der Waals surface area contributed by atoms with Gasteiger partial charge in [-0.15, -0.1) is 0 Å². The molecule has 0 spiro atoms. The SMILES string of the molecule is CCOc1ccc(C2CC(N)c3cc(Br)ccc3O2)cc1. The molecule has 2 aromatic carbocycles. The molecule has 1 heterocycles. The lowest BCUT2D eigenvalue weighted by molar-refractivity contribution is 0.161. The van der Waals surface area contributed by atoms with Gasteiger partial charge < -0.3 is 15.2 Å². The van der Waals surface area contributed by atoms with E-state index in [1.807, 2.05) is 49.4 Å². The molecule has 4 heteroatoms. The van der Waals surface area contributed by atoms with E-state index in [1.54, 1.807) is 0 Å². The predicted octanol–water partition coefficient (Wildman–Crippen LogP) is 4.37. The van der Waals surface area contributed by atoms with Crippen LogP contribution in [0.25, 0.3) is 0 Å². The normalized spacial score (nSPS) is 20.5. The molecule has 21 heavy (non-hydrogen) atoms. The molecule has 0 aromatic heterocycles. The quantitative estimate of drug-likeness (QED) is 0.896. The second kappa shape index (κ2) is 6.08. The lowest BCUT2D eigenvalue weighted by Gasteiger charge is -2.30. The third kappa shape index (κ3) is 3.06. The average Bonchev–Trinajstić information content (AvgIpc) is 2.49. The lowest BCUT2D eigenvalue weighted by Crippen LogP contribution is -2.24. The summed E-state index contributed by atoms with van der Waals surface area (Å²) in [4.78, 5) is 0. The first-order chi connectivity index (χ1) is 10.2. The van der Waals surface area contributed by atoms with Crippen molar-refractivity contribution in [1.82, 2.24) is 0 Å². The van der Waals surface area contributed by atoms with Gasteiger partial charge in [-0.25, -0.2) is 0 Å². The zero-order valence-corrected chi connectivity index (χ0v) is 13.5. The maximum absolute atomic E-state index is 6.30. The highest BCUT2D eigenvalue weighted by Gasteiger charge is 2.27.